The maximum Gasteiger partial charge on any atom is 0.272 e. The molecule has 1 aliphatic rings. The van der Waals surface area contributed by atoms with Crippen molar-refractivity contribution in [1.82, 2.24) is 9.88 Å². The smallest absolute Gasteiger partial charge is 0.272 e. The predicted molar refractivity (Wildman–Crippen MR) is 78.5 cm³/mol. The van der Waals surface area contributed by atoms with Crippen LogP contribution >= 0.6 is 0 Å². The van der Waals surface area contributed by atoms with Gasteiger partial charge in [0, 0.05) is 24.7 Å². The van der Waals surface area contributed by atoms with Gasteiger partial charge in [-0.05, 0) is 24.5 Å². The Kier molecular flexibility index (Phi) is 5.32. The summed E-state index contributed by atoms with van der Waals surface area (Å²) in [6, 6.07) is 3.28. The molecule has 2 unspecified atom stereocenters. The largest absolute Gasteiger partial charge is 0.395 e. The molecule has 0 aromatic carbocycles. The number of carbonyl (C=O) groups excluding carboxylic acids is 1. The molecule has 2 rings (SSSR count). The third-order valence-corrected chi connectivity index (χ3v) is 3.78. The van der Waals surface area contributed by atoms with Gasteiger partial charge in [0.05, 0.1) is 19.3 Å². The molecule has 1 amide bonds. The van der Waals surface area contributed by atoms with Crippen LogP contribution in [0.1, 0.15) is 35.8 Å². The highest BCUT2D eigenvalue weighted by molar-refractivity contribution is 5.92. The molecule has 2 atom stereocenters. The average Bonchev–Trinajstić information content (AvgIpc) is 2.88. The van der Waals surface area contributed by atoms with E-state index in [-0.39, 0.29) is 25.2 Å². The number of carbonyl (C=O) groups is 1. The standard InChI is InChI=1S/C16H20N2O3/c1-12-7-8-18(15(12)11-20)16(21)14-6-5-13(10-17-14)4-2-3-9-19/h5-6,10,12,15,19-20H,3,7-9,11H2,1H3. The molecule has 0 radical (unpaired) electrons. The third kappa shape index (κ3) is 3.60. The van der Waals surface area contributed by atoms with Crippen molar-refractivity contribution in [3.05, 3.63) is 29.6 Å². The lowest BCUT2D eigenvalue weighted by Crippen LogP contribution is -2.40. The zero-order chi connectivity index (χ0) is 15.2. The van der Waals surface area contributed by atoms with Crippen LogP contribution in [0.2, 0.25) is 0 Å². The second-order valence-electron chi connectivity index (χ2n) is 5.22. The fourth-order valence-corrected chi connectivity index (χ4v) is 2.50. The van der Waals surface area contributed by atoms with Crippen LogP contribution in [0.4, 0.5) is 0 Å². The monoisotopic (exact) mass is 288 g/mol. The van der Waals surface area contributed by atoms with Gasteiger partial charge >= 0.3 is 0 Å². The number of likely N-dealkylation sites (tertiary alicyclic amines) is 1. The van der Waals surface area contributed by atoms with Crippen LogP contribution < -0.4 is 0 Å². The number of hydrogen-bond acceptors (Lipinski definition) is 4. The Morgan fingerprint density at radius 1 is 1.48 bits per heavy atom. The topological polar surface area (TPSA) is 73.7 Å². The zero-order valence-corrected chi connectivity index (χ0v) is 12.1. The van der Waals surface area contributed by atoms with Gasteiger partial charge in [0.15, 0.2) is 0 Å². The van der Waals surface area contributed by atoms with Crippen molar-refractivity contribution in [3.63, 3.8) is 0 Å². The molecule has 0 saturated carbocycles. The average molecular weight is 288 g/mol. The van der Waals surface area contributed by atoms with E-state index in [4.69, 9.17) is 5.11 Å². The van der Waals surface area contributed by atoms with E-state index in [0.29, 0.717) is 30.1 Å². The first-order chi connectivity index (χ1) is 10.2. The maximum absolute atomic E-state index is 12.4. The van der Waals surface area contributed by atoms with Crippen LogP contribution in [-0.2, 0) is 0 Å². The van der Waals surface area contributed by atoms with Gasteiger partial charge in [-0.1, -0.05) is 18.8 Å². The van der Waals surface area contributed by atoms with Gasteiger partial charge in [-0.2, -0.15) is 0 Å². The summed E-state index contributed by atoms with van der Waals surface area (Å²) < 4.78 is 0. The molecule has 5 nitrogen and oxygen atoms in total. The van der Waals surface area contributed by atoms with E-state index in [2.05, 4.69) is 16.8 Å². The first kappa shape index (κ1) is 15.5. The van der Waals surface area contributed by atoms with Gasteiger partial charge in [0.25, 0.3) is 5.91 Å². The predicted octanol–water partition coefficient (Wildman–Crippen LogP) is 0.658. The second kappa shape index (κ2) is 7.21. The lowest BCUT2D eigenvalue weighted by Gasteiger charge is -2.24. The summed E-state index contributed by atoms with van der Waals surface area (Å²) in [6.07, 6.45) is 2.89. The second-order valence-corrected chi connectivity index (χ2v) is 5.22. The van der Waals surface area contributed by atoms with Crippen LogP contribution in [-0.4, -0.2) is 51.8 Å². The number of rotatable bonds is 3. The van der Waals surface area contributed by atoms with E-state index in [0.717, 1.165) is 6.42 Å². The highest BCUT2D eigenvalue weighted by atomic mass is 16.3. The van der Waals surface area contributed by atoms with Gasteiger partial charge in [-0.25, -0.2) is 4.98 Å². The number of aliphatic hydroxyl groups is 2. The maximum atomic E-state index is 12.4. The molecule has 1 fully saturated rings. The summed E-state index contributed by atoms with van der Waals surface area (Å²) in [7, 11) is 0. The molecule has 2 heterocycles. The summed E-state index contributed by atoms with van der Waals surface area (Å²) in [4.78, 5) is 18.3. The first-order valence-corrected chi connectivity index (χ1v) is 7.15. The van der Waals surface area contributed by atoms with Crippen molar-refractivity contribution in [2.75, 3.05) is 19.8 Å². The molecule has 1 aliphatic heterocycles. The molecule has 0 spiro atoms. The van der Waals surface area contributed by atoms with Crippen LogP contribution in [0.3, 0.4) is 0 Å². The number of pyridine rings is 1. The molecule has 1 saturated heterocycles. The number of aliphatic hydroxyl groups excluding tert-OH is 2. The molecular formula is C16H20N2O3. The molecular weight excluding hydrogens is 268 g/mol. The lowest BCUT2D eigenvalue weighted by atomic mass is 10.0. The van der Waals surface area contributed by atoms with Gasteiger partial charge in [0.1, 0.15) is 5.69 Å². The highest BCUT2D eigenvalue weighted by Gasteiger charge is 2.34. The van der Waals surface area contributed by atoms with Crippen LogP contribution in [0.25, 0.3) is 0 Å². The fraction of sp³-hybridized carbons (Fsp3) is 0.500. The number of aromatic nitrogens is 1. The first-order valence-electron chi connectivity index (χ1n) is 7.15. The summed E-state index contributed by atoms with van der Waals surface area (Å²) in [5, 5.41) is 18.1. The Hall–Kier alpha value is -1.90. The Morgan fingerprint density at radius 2 is 2.29 bits per heavy atom. The highest BCUT2D eigenvalue weighted by Crippen LogP contribution is 2.24. The lowest BCUT2D eigenvalue weighted by molar-refractivity contribution is 0.0642. The molecule has 2 N–H and O–H groups in total. The zero-order valence-electron chi connectivity index (χ0n) is 12.1. The van der Waals surface area contributed by atoms with Crippen molar-refractivity contribution in [2.24, 2.45) is 5.92 Å². The molecule has 0 aliphatic carbocycles. The molecule has 21 heavy (non-hydrogen) atoms. The van der Waals surface area contributed by atoms with E-state index in [1.54, 1.807) is 23.2 Å². The van der Waals surface area contributed by atoms with E-state index in [1.165, 1.54) is 0 Å². The van der Waals surface area contributed by atoms with Crippen molar-refractivity contribution >= 4 is 5.91 Å². The molecule has 5 heteroatoms. The summed E-state index contributed by atoms with van der Waals surface area (Å²) in [5.41, 5.74) is 1.09. The Labute approximate surface area is 124 Å². The summed E-state index contributed by atoms with van der Waals surface area (Å²) >= 11 is 0. The minimum atomic E-state index is -0.145. The van der Waals surface area contributed by atoms with Gasteiger partial charge in [-0.3, -0.25) is 4.79 Å². The van der Waals surface area contributed by atoms with Crippen molar-refractivity contribution < 1.29 is 15.0 Å². The number of amides is 1. The Balaban J connectivity index is 2.08. The van der Waals surface area contributed by atoms with E-state index in [1.807, 2.05) is 6.92 Å². The normalized spacial score (nSPS) is 21.0. The van der Waals surface area contributed by atoms with E-state index < -0.39 is 0 Å². The Bertz CT molecular complexity index is 545. The van der Waals surface area contributed by atoms with E-state index >= 15 is 0 Å². The minimum absolute atomic E-state index is 0.0162. The summed E-state index contributed by atoms with van der Waals surface area (Å²) in [5.74, 6) is 5.84. The minimum Gasteiger partial charge on any atom is -0.395 e. The Morgan fingerprint density at radius 3 is 2.90 bits per heavy atom. The molecule has 0 bridgehead atoms. The SMILES string of the molecule is CC1CCN(C(=O)c2ccc(C#CCCO)cn2)C1CO. The molecule has 1 aromatic rings. The quantitative estimate of drug-likeness (QED) is 0.801. The summed E-state index contributed by atoms with van der Waals surface area (Å²) in [6.45, 7) is 2.72. The third-order valence-electron chi connectivity index (χ3n) is 3.78. The molecule has 1 aromatic heterocycles. The van der Waals surface area contributed by atoms with Crippen LogP contribution in [0.15, 0.2) is 18.3 Å². The van der Waals surface area contributed by atoms with Gasteiger partial charge in [-0.15, -0.1) is 0 Å². The van der Waals surface area contributed by atoms with Gasteiger partial charge in [0.2, 0.25) is 0 Å². The van der Waals surface area contributed by atoms with Crippen molar-refractivity contribution in [1.29, 1.82) is 0 Å². The van der Waals surface area contributed by atoms with Crippen molar-refractivity contribution in [2.45, 2.75) is 25.8 Å². The van der Waals surface area contributed by atoms with Gasteiger partial charge < -0.3 is 15.1 Å². The van der Waals surface area contributed by atoms with Crippen LogP contribution in [0, 0.1) is 17.8 Å². The van der Waals surface area contributed by atoms with Crippen molar-refractivity contribution in [3.8, 4) is 11.8 Å². The fourth-order valence-electron chi connectivity index (χ4n) is 2.50. The number of nitrogens with zero attached hydrogens (tertiary/aromatic N) is 2. The van der Waals surface area contributed by atoms with E-state index in [9.17, 15) is 9.90 Å². The number of hydrogen-bond donors (Lipinski definition) is 2. The van der Waals surface area contributed by atoms with Crippen LogP contribution in [0.5, 0.6) is 0 Å². The molecule has 112 valence electrons.